The average Bonchev–Trinajstić information content (AvgIpc) is 2.05. The molecule has 2 N–H and O–H groups in total. The van der Waals surface area contributed by atoms with Gasteiger partial charge in [-0.05, 0) is 12.8 Å². The van der Waals surface area contributed by atoms with Gasteiger partial charge in [-0.3, -0.25) is 0 Å². The lowest BCUT2D eigenvalue weighted by molar-refractivity contribution is -0.0529. The number of aliphatic hydroxyl groups is 2. The van der Waals surface area contributed by atoms with Gasteiger partial charge in [0, 0.05) is 12.5 Å². The highest BCUT2D eigenvalue weighted by atomic mass is 16.5. The van der Waals surface area contributed by atoms with Gasteiger partial charge in [0.1, 0.15) is 0 Å². The summed E-state index contributed by atoms with van der Waals surface area (Å²) in [5, 5.41) is 17.4. The van der Waals surface area contributed by atoms with E-state index in [9.17, 15) is 0 Å². The third-order valence-corrected chi connectivity index (χ3v) is 1.93. The van der Waals surface area contributed by atoms with Gasteiger partial charge < -0.3 is 14.9 Å². The summed E-state index contributed by atoms with van der Waals surface area (Å²) in [5.41, 5.74) is 0. The lowest BCUT2D eigenvalue weighted by Gasteiger charge is -2.26. The van der Waals surface area contributed by atoms with Crippen LogP contribution in [0, 0.1) is 5.92 Å². The van der Waals surface area contributed by atoms with Gasteiger partial charge in [0.15, 0.2) is 0 Å². The molecular formula is C7H14O3. The third kappa shape index (κ3) is 1.94. The SMILES string of the molecule is OCC1CCC(CO)OC1. The van der Waals surface area contributed by atoms with Crippen LogP contribution in [0.15, 0.2) is 0 Å². The molecule has 1 fully saturated rings. The largest absolute Gasteiger partial charge is 0.396 e. The van der Waals surface area contributed by atoms with Crippen LogP contribution < -0.4 is 0 Å². The molecule has 0 aromatic rings. The molecule has 0 aliphatic carbocycles. The lowest BCUT2D eigenvalue weighted by atomic mass is 10.00. The maximum Gasteiger partial charge on any atom is 0.0806 e. The van der Waals surface area contributed by atoms with E-state index < -0.39 is 0 Å². The Kier molecular flexibility index (Phi) is 3.12. The number of rotatable bonds is 2. The van der Waals surface area contributed by atoms with Crippen molar-refractivity contribution in [1.29, 1.82) is 0 Å². The molecule has 1 heterocycles. The van der Waals surface area contributed by atoms with Crippen LogP contribution in [-0.4, -0.2) is 36.1 Å². The summed E-state index contributed by atoms with van der Waals surface area (Å²) in [6.07, 6.45) is 1.87. The van der Waals surface area contributed by atoms with Crippen LogP contribution in [0.2, 0.25) is 0 Å². The molecule has 3 heteroatoms. The summed E-state index contributed by atoms with van der Waals surface area (Å²) in [6, 6.07) is 0. The molecule has 1 aliphatic rings. The Balaban J connectivity index is 2.17. The molecule has 10 heavy (non-hydrogen) atoms. The Morgan fingerprint density at radius 3 is 2.40 bits per heavy atom. The molecule has 0 spiro atoms. The second-order valence-corrected chi connectivity index (χ2v) is 2.76. The van der Waals surface area contributed by atoms with Crippen molar-refractivity contribution in [3.63, 3.8) is 0 Å². The molecule has 1 rings (SSSR count). The first-order valence-corrected chi connectivity index (χ1v) is 3.70. The molecule has 0 amide bonds. The molecule has 2 unspecified atom stereocenters. The van der Waals surface area contributed by atoms with Crippen molar-refractivity contribution in [2.24, 2.45) is 5.92 Å². The van der Waals surface area contributed by atoms with Gasteiger partial charge in [0.05, 0.1) is 19.3 Å². The molecule has 3 nitrogen and oxygen atoms in total. The van der Waals surface area contributed by atoms with Gasteiger partial charge in [-0.15, -0.1) is 0 Å². The second-order valence-electron chi connectivity index (χ2n) is 2.76. The minimum atomic E-state index is 0.0165. The Bertz CT molecular complexity index is 74.9. The van der Waals surface area contributed by atoms with E-state index in [1.54, 1.807) is 0 Å². The number of aliphatic hydroxyl groups excluding tert-OH is 2. The molecule has 1 saturated heterocycles. The zero-order valence-corrected chi connectivity index (χ0v) is 5.99. The highest BCUT2D eigenvalue weighted by Gasteiger charge is 2.19. The van der Waals surface area contributed by atoms with E-state index in [-0.39, 0.29) is 19.3 Å². The van der Waals surface area contributed by atoms with Crippen LogP contribution >= 0.6 is 0 Å². The van der Waals surface area contributed by atoms with Crippen LogP contribution in [0.3, 0.4) is 0 Å². The Morgan fingerprint density at radius 1 is 1.20 bits per heavy atom. The second kappa shape index (κ2) is 3.91. The molecular weight excluding hydrogens is 132 g/mol. The van der Waals surface area contributed by atoms with Gasteiger partial charge in [-0.1, -0.05) is 0 Å². The van der Waals surface area contributed by atoms with E-state index >= 15 is 0 Å². The van der Waals surface area contributed by atoms with Gasteiger partial charge in [-0.2, -0.15) is 0 Å². The van der Waals surface area contributed by atoms with Crippen LogP contribution in [0.5, 0.6) is 0 Å². The first-order valence-electron chi connectivity index (χ1n) is 3.70. The highest BCUT2D eigenvalue weighted by molar-refractivity contribution is 4.68. The van der Waals surface area contributed by atoms with E-state index in [0.29, 0.717) is 12.5 Å². The fraction of sp³-hybridized carbons (Fsp3) is 1.00. The fourth-order valence-electron chi connectivity index (χ4n) is 1.15. The highest BCUT2D eigenvalue weighted by Crippen LogP contribution is 2.17. The van der Waals surface area contributed by atoms with Gasteiger partial charge in [0.2, 0.25) is 0 Å². The van der Waals surface area contributed by atoms with Gasteiger partial charge in [0.25, 0.3) is 0 Å². The predicted molar refractivity (Wildman–Crippen MR) is 36.6 cm³/mol. The topological polar surface area (TPSA) is 49.7 Å². The number of hydrogen-bond donors (Lipinski definition) is 2. The zero-order chi connectivity index (χ0) is 7.40. The summed E-state index contributed by atoms with van der Waals surface area (Å²) in [4.78, 5) is 0. The smallest absolute Gasteiger partial charge is 0.0806 e. The van der Waals surface area contributed by atoms with Gasteiger partial charge in [-0.25, -0.2) is 0 Å². The van der Waals surface area contributed by atoms with Crippen molar-refractivity contribution in [3.05, 3.63) is 0 Å². The summed E-state index contributed by atoms with van der Waals surface area (Å²) in [7, 11) is 0. The van der Waals surface area contributed by atoms with Crippen molar-refractivity contribution < 1.29 is 14.9 Å². The molecule has 0 radical (unpaired) electrons. The van der Waals surface area contributed by atoms with Crippen molar-refractivity contribution in [2.75, 3.05) is 19.8 Å². The Morgan fingerprint density at radius 2 is 2.00 bits per heavy atom. The first-order chi connectivity index (χ1) is 4.86. The summed E-state index contributed by atoms with van der Waals surface area (Å²) < 4.78 is 5.22. The van der Waals surface area contributed by atoms with E-state index in [0.717, 1.165) is 12.8 Å². The monoisotopic (exact) mass is 146 g/mol. The normalized spacial score (nSPS) is 34.2. The van der Waals surface area contributed by atoms with E-state index in [1.807, 2.05) is 0 Å². The van der Waals surface area contributed by atoms with Crippen LogP contribution in [-0.2, 0) is 4.74 Å². The molecule has 0 bridgehead atoms. The van der Waals surface area contributed by atoms with Crippen molar-refractivity contribution in [2.45, 2.75) is 18.9 Å². The maximum absolute atomic E-state index is 8.71. The maximum atomic E-state index is 8.71. The minimum absolute atomic E-state index is 0.0165. The predicted octanol–water partition coefficient (Wildman–Crippen LogP) is -0.234. The summed E-state index contributed by atoms with van der Waals surface area (Å²) in [6.45, 7) is 0.915. The summed E-state index contributed by atoms with van der Waals surface area (Å²) >= 11 is 0. The Labute approximate surface area is 60.6 Å². The van der Waals surface area contributed by atoms with Gasteiger partial charge >= 0.3 is 0 Å². The van der Waals surface area contributed by atoms with Crippen LogP contribution in [0.25, 0.3) is 0 Å². The lowest BCUT2D eigenvalue weighted by Crippen LogP contribution is -2.29. The summed E-state index contributed by atoms with van der Waals surface area (Å²) in [5.74, 6) is 0.294. The standard InChI is InChI=1S/C7H14O3/c8-3-6-1-2-7(4-9)10-5-6/h6-9H,1-5H2. The average molecular weight is 146 g/mol. The quantitative estimate of drug-likeness (QED) is 0.565. The minimum Gasteiger partial charge on any atom is -0.396 e. The zero-order valence-electron chi connectivity index (χ0n) is 5.99. The van der Waals surface area contributed by atoms with Crippen LogP contribution in [0.4, 0.5) is 0 Å². The van der Waals surface area contributed by atoms with Crippen molar-refractivity contribution in [1.82, 2.24) is 0 Å². The van der Waals surface area contributed by atoms with Crippen LogP contribution in [0.1, 0.15) is 12.8 Å². The first kappa shape index (κ1) is 7.98. The molecule has 2 atom stereocenters. The molecule has 0 aromatic heterocycles. The molecule has 1 aliphatic heterocycles. The molecule has 0 aromatic carbocycles. The molecule has 60 valence electrons. The Hall–Kier alpha value is -0.120. The third-order valence-electron chi connectivity index (χ3n) is 1.93. The van der Waals surface area contributed by atoms with E-state index in [4.69, 9.17) is 14.9 Å². The van der Waals surface area contributed by atoms with Crippen molar-refractivity contribution in [3.8, 4) is 0 Å². The van der Waals surface area contributed by atoms with E-state index in [1.165, 1.54) is 0 Å². The fourth-order valence-corrected chi connectivity index (χ4v) is 1.15. The number of hydrogen-bond acceptors (Lipinski definition) is 3. The molecule has 0 saturated carbocycles. The van der Waals surface area contributed by atoms with E-state index in [2.05, 4.69) is 0 Å². The number of ether oxygens (including phenoxy) is 1. The van der Waals surface area contributed by atoms with Crippen molar-refractivity contribution >= 4 is 0 Å².